The fourth-order valence-electron chi connectivity index (χ4n) is 14.5. The normalized spacial score (nSPS) is 13.4. The lowest BCUT2D eigenvalue weighted by Crippen LogP contribution is -2.27. The highest BCUT2D eigenvalue weighted by Gasteiger charge is 2.38. The molecule has 0 amide bonds. The van der Waals surface area contributed by atoms with E-state index in [-0.39, 0.29) is 79.5 Å². The van der Waals surface area contributed by atoms with Crippen molar-refractivity contribution in [1.29, 1.82) is 0 Å². The van der Waals surface area contributed by atoms with Crippen molar-refractivity contribution in [3.63, 3.8) is 0 Å². The summed E-state index contributed by atoms with van der Waals surface area (Å²) in [6.07, 6.45) is 1.61. The Bertz CT molecular complexity index is 4080. The van der Waals surface area contributed by atoms with Crippen molar-refractivity contribution < 1.29 is 37.2 Å². The van der Waals surface area contributed by atoms with Crippen molar-refractivity contribution in [2.24, 2.45) is 10.8 Å². The minimum atomic E-state index is -0.774. The minimum absolute atomic E-state index is 0.0711. The van der Waals surface area contributed by atoms with E-state index in [0.29, 0.717) is 42.1 Å². The van der Waals surface area contributed by atoms with E-state index in [2.05, 4.69) is 234 Å². The molecule has 2 N–H and O–H groups in total. The summed E-state index contributed by atoms with van der Waals surface area (Å²) in [5.41, 5.74) is 8.21. The summed E-state index contributed by atoms with van der Waals surface area (Å²) in [5.74, 6) is -2.69. The highest BCUT2D eigenvalue weighted by atomic mass is 19.1. The Labute approximate surface area is 550 Å². The molecule has 492 valence electrons. The van der Waals surface area contributed by atoms with Gasteiger partial charge in [-0.25, -0.2) is 17.6 Å². The van der Waals surface area contributed by atoms with Gasteiger partial charge >= 0.3 is 0 Å². The topological polar surface area (TPSA) is 68.8 Å². The van der Waals surface area contributed by atoms with Gasteiger partial charge in [0.15, 0.2) is 23.0 Å². The molecule has 0 bridgehead atoms. The number of fused-ring (bicyclic) bond motifs is 6. The molecule has 0 aliphatic rings. The Morgan fingerprint density at radius 2 is 0.602 bits per heavy atom. The fraction of sp³-hybridized carbons (Fsp3) is 0.422. The summed E-state index contributed by atoms with van der Waals surface area (Å²) in [7, 11) is 0. The van der Waals surface area contributed by atoms with Crippen LogP contribution in [0, 0.1) is 34.1 Å². The Morgan fingerprint density at radius 3 is 0.839 bits per heavy atom. The maximum Gasteiger partial charge on any atom is 0.151 e. The number of rotatable bonds is 14. The van der Waals surface area contributed by atoms with Crippen molar-refractivity contribution in [2.45, 2.75) is 204 Å². The SMILES string of the molecule is CC(C)(C)CC(C)(C)c1cc(-c2cc(F)cc(F)c2)c(O)c(-n2c3ccc(C(C)(C)C)cc3c3cc(C(C)(C)C)ccc32)c1OCCCOc1c(C(C)(C)CC(C)(C)C)cc(-c2cc(F)cc(F)c2)c(O)c1-n1c2ccc(C(C)(C)C)cc2c2cc(C(C)(C)C)ccc21. The van der Waals surface area contributed by atoms with E-state index in [1.165, 1.54) is 24.3 Å². The molecule has 2 aromatic heterocycles. The number of phenols is 2. The first kappa shape index (κ1) is 68.1. The summed E-state index contributed by atoms with van der Waals surface area (Å²) in [6, 6.07) is 36.3. The molecule has 93 heavy (non-hydrogen) atoms. The van der Waals surface area contributed by atoms with Crippen molar-refractivity contribution in [3.05, 3.63) is 178 Å². The van der Waals surface area contributed by atoms with Gasteiger partial charge in [-0.3, -0.25) is 0 Å². The molecule has 0 atom stereocenters. The Balaban J connectivity index is 1.21. The average molecular weight is 1260 g/mol. The second-order valence-corrected chi connectivity index (χ2v) is 34.2. The van der Waals surface area contributed by atoms with Gasteiger partial charge in [-0.05, 0) is 174 Å². The van der Waals surface area contributed by atoms with E-state index in [9.17, 15) is 10.2 Å². The molecule has 0 fully saturated rings. The van der Waals surface area contributed by atoms with Crippen LogP contribution in [0.4, 0.5) is 17.6 Å². The molecule has 8 aromatic carbocycles. The van der Waals surface area contributed by atoms with Crippen LogP contribution in [-0.2, 0) is 32.5 Å². The maximum atomic E-state index is 15.6. The predicted molar refractivity (Wildman–Crippen MR) is 380 cm³/mol. The highest BCUT2D eigenvalue weighted by molar-refractivity contribution is 6.12. The maximum absolute atomic E-state index is 15.6. The summed E-state index contributed by atoms with van der Waals surface area (Å²) in [6.45, 7) is 48.1. The molecular weight excluding hydrogens is 1160 g/mol. The third kappa shape index (κ3) is 13.7. The van der Waals surface area contributed by atoms with Gasteiger partial charge in [0.1, 0.15) is 34.6 Å². The van der Waals surface area contributed by atoms with Crippen molar-refractivity contribution in [2.75, 3.05) is 13.2 Å². The summed E-state index contributed by atoms with van der Waals surface area (Å²) in [4.78, 5) is 0. The largest absolute Gasteiger partial charge is 0.505 e. The monoisotopic (exact) mass is 1260 g/mol. The molecule has 0 saturated heterocycles. The van der Waals surface area contributed by atoms with Crippen LogP contribution in [0.15, 0.2) is 121 Å². The van der Waals surface area contributed by atoms with Crippen LogP contribution < -0.4 is 9.47 Å². The lowest BCUT2D eigenvalue weighted by atomic mass is 9.71. The smallest absolute Gasteiger partial charge is 0.151 e. The molecule has 0 saturated carbocycles. The van der Waals surface area contributed by atoms with Crippen LogP contribution in [-0.4, -0.2) is 32.6 Å². The molecule has 0 aliphatic carbocycles. The molecule has 0 spiro atoms. The number of aromatic hydroxyl groups is 2. The van der Waals surface area contributed by atoms with Gasteiger partial charge < -0.3 is 28.8 Å². The summed E-state index contributed by atoms with van der Waals surface area (Å²) < 4.78 is 81.1. The van der Waals surface area contributed by atoms with Crippen LogP contribution in [0.2, 0.25) is 0 Å². The van der Waals surface area contributed by atoms with Gasteiger partial charge in [0.05, 0.1) is 35.3 Å². The first-order valence-corrected chi connectivity index (χ1v) is 33.0. The van der Waals surface area contributed by atoms with E-state index in [1.54, 1.807) is 0 Å². The minimum Gasteiger partial charge on any atom is -0.505 e. The predicted octanol–water partition coefficient (Wildman–Crippen LogP) is 23.6. The first-order valence-electron chi connectivity index (χ1n) is 33.0. The zero-order chi connectivity index (χ0) is 68.4. The molecule has 0 aliphatic heterocycles. The molecule has 10 heteroatoms. The number of ether oxygens (including phenoxy) is 2. The zero-order valence-electron chi connectivity index (χ0n) is 59.2. The van der Waals surface area contributed by atoms with E-state index >= 15 is 17.6 Å². The number of nitrogens with zero attached hydrogens (tertiary/aromatic N) is 2. The number of phenolic OH excluding ortho intramolecular Hbond substituents is 2. The standard InChI is InChI=1S/C83H98F4N2O4/c1-76(2,3)46-82(19,20)64-44-58(48-34-54(84)42-55(85)35-48)72(90)70(88-66-28-24-50(78(7,8)9)38-60(66)61-39-51(79(10,11)12)25-29-67(61)88)74(64)92-32-23-33-93-75-65(83(21,22)47-77(4,5)6)45-59(49-36-56(86)43-57(87)37-49)73(91)71(75)89-68-30-26-52(80(13,14)15)40-62(68)63-41-53(81(16,17)18)27-31-69(63)89/h24-31,34-45,90-91H,23,32-33,46-47H2,1-22H3. The van der Waals surface area contributed by atoms with Crippen LogP contribution >= 0.6 is 0 Å². The van der Waals surface area contributed by atoms with E-state index in [0.717, 1.165) is 89.1 Å². The molecule has 6 nitrogen and oxygen atoms in total. The van der Waals surface area contributed by atoms with Crippen LogP contribution in [0.25, 0.3) is 77.2 Å². The summed E-state index contributed by atoms with van der Waals surface area (Å²) >= 11 is 0. The van der Waals surface area contributed by atoms with E-state index in [4.69, 9.17) is 9.47 Å². The van der Waals surface area contributed by atoms with Crippen molar-refractivity contribution >= 4 is 43.6 Å². The third-order valence-electron chi connectivity index (χ3n) is 18.4. The second kappa shape index (κ2) is 23.6. The highest BCUT2D eigenvalue weighted by Crippen LogP contribution is 2.55. The van der Waals surface area contributed by atoms with Gasteiger partial charge in [-0.15, -0.1) is 0 Å². The molecular formula is C83H98F4N2O4. The number of hydrogen-bond donors (Lipinski definition) is 2. The molecule has 0 unspecified atom stereocenters. The Kier molecular flexibility index (Phi) is 17.3. The van der Waals surface area contributed by atoms with E-state index < -0.39 is 34.1 Å². The van der Waals surface area contributed by atoms with Crippen molar-refractivity contribution in [1.82, 2.24) is 9.13 Å². The first-order chi connectivity index (χ1) is 42.8. The molecule has 0 radical (unpaired) electrons. The summed E-state index contributed by atoms with van der Waals surface area (Å²) in [5, 5.41) is 30.6. The van der Waals surface area contributed by atoms with Crippen LogP contribution in [0.1, 0.15) is 205 Å². The number of hydrogen-bond acceptors (Lipinski definition) is 4. The van der Waals surface area contributed by atoms with Crippen molar-refractivity contribution in [3.8, 4) is 56.6 Å². The van der Waals surface area contributed by atoms with Gasteiger partial charge in [0.2, 0.25) is 0 Å². The zero-order valence-corrected chi connectivity index (χ0v) is 59.2. The Hall–Kier alpha value is -7.72. The molecule has 10 aromatic rings. The van der Waals surface area contributed by atoms with Gasteiger partial charge in [-0.2, -0.15) is 0 Å². The average Bonchev–Trinajstić information content (AvgIpc) is 1.62. The second-order valence-electron chi connectivity index (χ2n) is 34.2. The number of aromatic nitrogens is 2. The fourth-order valence-corrected chi connectivity index (χ4v) is 14.5. The lowest BCUT2D eigenvalue weighted by Gasteiger charge is -2.36. The lowest BCUT2D eigenvalue weighted by molar-refractivity contribution is 0.229. The van der Waals surface area contributed by atoms with Crippen LogP contribution in [0.3, 0.4) is 0 Å². The van der Waals surface area contributed by atoms with Gasteiger partial charge in [0.25, 0.3) is 0 Å². The Morgan fingerprint density at radius 1 is 0.344 bits per heavy atom. The van der Waals surface area contributed by atoms with Gasteiger partial charge in [-0.1, -0.05) is 177 Å². The third-order valence-corrected chi connectivity index (χ3v) is 18.4. The van der Waals surface area contributed by atoms with E-state index in [1.807, 2.05) is 12.1 Å². The molecule has 10 rings (SSSR count). The van der Waals surface area contributed by atoms with Gasteiger partial charge in [0, 0.05) is 62.4 Å². The molecule has 2 heterocycles. The number of halogens is 4. The number of benzene rings is 8. The van der Waals surface area contributed by atoms with Crippen LogP contribution in [0.5, 0.6) is 23.0 Å². The quantitative estimate of drug-likeness (QED) is 0.0841.